The van der Waals surface area contributed by atoms with Crippen molar-refractivity contribution in [3.63, 3.8) is 0 Å². The summed E-state index contributed by atoms with van der Waals surface area (Å²) in [5.41, 5.74) is 1.64. The van der Waals surface area contributed by atoms with Crippen LogP contribution in [0.25, 0.3) is 6.08 Å². The highest BCUT2D eigenvalue weighted by Gasteiger charge is 2.30. The van der Waals surface area contributed by atoms with Crippen LogP contribution in [0.4, 0.5) is 0 Å². The fourth-order valence-electron chi connectivity index (χ4n) is 2.33. The predicted molar refractivity (Wildman–Crippen MR) is 89.5 cm³/mol. The van der Waals surface area contributed by atoms with E-state index in [1.165, 1.54) is 14.2 Å². The first-order valence-corrected chi connectivity index (χ1v) is 7.26. The van der Waals surface area contributed by atoms with Crippen LogP contribution in [0.3, 0.4) is 0 Å². The third-order valence-corrected chi connectivity index (χ3v) is 3.43. The lowest BCUT2D eigenvalue weighted by atomic mass is 10.0. The normalized spacial score (nSPS) is 15.3. The van der Waals surface area contributed by atoms with Gasteiger partial charge in [0.05, 0.1) is 25.4 Å². The molecule has 0 atom stereocenters. The van der Waals surface area contributed by atoms with Crippen molar-refractivity contribution in [3.8, 4) is 11.5 Å². The lowest BCUT2D eigenvalue weighted by molar-refractivity contribution is -0.136. The SMILES string of the molecule is C=CCOc1ccc(C=C2C(=O)NC(C)=C2C(=O)OC)cc1OC. The summed E-state index contributed by atoms with van der Waals surface area (Å²) in [4.78, 5) is 24.0. The third kappa shape index (κ3) is 3.48. The summed E-state index contributed by atoms with van der Waals surface area (Å²) in [5, 5.41) is 2.62. The minimum Gasteiger partial charge on any atom is -0.493 e. The van der Waals surface area contributed by atoms with E-state index >= 15 is 0 Å². The van der Waals surface area contributed by atoms with Crippen LogP contribution in [-0.2, 0) is 14.3 Å². The maximum atomic E-state index is 12.1. The summed E-state index contributed by atoms with van der Waals surface area (Å²) >= 11 is 0. The van der Waals surface area contributed by atoms with Crippen molar-refractivity contribution in [2.75, 3.05) is 20.8 Å². The first-order valence-electron chi connectivity index (χ1n) is 7.26. The number of allylic oxidation sites excluding steroid dienone is 1. The Bertz CT molecular complexity index is 746. The number of esters is 1. The van der Waals surface area contributed by atoms with Gasteiger partial charge in [0.1, 0.15) is 6.61 Å². The topological polar surface area (TPSA) is 73.9 Å². The minimum absolute atomic E-state index is 0.230. The first kappa shape index (κ1) is 17.3. The quantitative estimate of drug-likeness (QED) is 0.492. The van der Waals surface area contributed by atoms with Gasteiger partial charge in [-0.15, -0.1) is 0 Å². The molecule has 6 heteroatoms. The Labute approximate surface area is 140 Å². The molecule has 2 rings (SSSR count). The van der Waals surface area contributed by atoms with Crippen LogP contribution < -0.4 is 14.8 Å². The van der Waals surface area contributed by atoms with Gasteiger partial charge in [0, 0.05) is 5.70 Å². The zero-order valence-electron chi connectivity index (χ0n) is 13.8. The summed E-state index contributed by atoms with van der Waals surface area (Å²) in [6, 6.07) is 5.22. The largest absolute Gasteiger partial charge is 0.493 e. The second-order valence-corrected chi connectivity index (χ2v) is 5.01. The second kappa shape index (κ2) is 7.50. The van der Waals surface area contributed by atoms with E-state index in [9.17, 15) is 9.59 Å². The molecule has 0 spiro atoms. The number of nitrogens with one attached hydrogen (secondary N) is 1. The first-order chi connectivity index (χ1) is 11.5. The molecule has 0 saturated carbocycles. The van der Waals surface area contributed by atoms with Gasteiger partial charge in [-0.05, 0) is 30.7 Å². The molecular formula is C18H19NO5. The molecule has 0 aromatic heterocycles. The molecule has 24 heavy (non-hydrogen) atoms. The summed E-state index contributed by atoms with van der Waals surface area (Å²) in [6.45, 7) is 5.60. The fourth-order valence-corrected chi connectivity index (χ4v) is 2.33. The van der Waals surface area contributed by atoms with E-state index in [2.05, 4.69) is 11.9 Å². The smallest absolute Gasteiger partial charge is 0.340 e. The molecular weight excluding hydrogens is 310 g/mol. The molecule has 1 heterocycles. The number of hydrogen-bond acceptors (Lipinski definition) is 5. The molecule has 1 N–H and O–H groups in total. The van der Waals surface area contributed by atoms with E-state index in [0.717, 1.165) is 0 Å². The van der Waals surface area contributed by atoms with Crippen molar-refractivity contribution in [2.24, 2.45) is 0 Å². The van der Waals surface area contributed by atoms with Crippen molar-refractivity contribution in [3.05, 3.63) is 53.3 Å². The van der Waals surface area contributed by atoms with E-state index in [1.807, 2.05) is 0 Å². The molecule has 0 saturated heterocycles. The van der Waals surface area contributed by atoms with Crippen molar-refractivity contribution in [1.82, 2.24) is 5.32 Å². The number of methoxy groups -OCH3 is 2. The zero-order chi connectivity index (χ0) is 17.7. The van der Waals surface area contributed by atoms with Crippen LogP contribution in [0, 0.1) is 0 Å². The Morgan fingerprint density at radius 1 is 1.29 bits per heavy atom. The molecule has 1 aliphatic heterocycles. The van der Waals surface area contributed by atoms with E-state index < -0.39 is 5.97 Å². The maximum absolute atomic E-state index is 12.1. The van der Waals surface area contributed by atoms with Gasteiger partial charge in [-0.25, -0.2) is 4.79 Å². The Morgan fingerprint density at radius 2 is 2.04 bits per heavy atom. The average Bonchev–Trinajstić information content (AvgIpc) is 2.86. The molecule has 1 aromatic carbocycles. The molecule has 1 aromatic rings. The number of benzene rings is 1. The summed E-state index contributed by atoms with van der Waals surface area (Å²) in [5.74, 6) is 0.175. The summed E-state index contributed by atoms with van der Waals surface area (Å²) in [7, 11) is 2.80. The molecule has 0 unspecified atom stereocenters. The molecule has 126 valence electrons. The average molecular weight is 329 g/mol. The molecule has 0 bridgehead atoms. The Kier molecular flexibility index (Phi) is 5.42. The van der Waals surface area contributed by atoms with Gasteiger partial charge in [-0.2, -0.15) is 0 Å². The molecule has 0 aliphatic carbocycles. The monoisotopic (exact) mass is 329 g/mol. The van der Waals surface area contributed by atoms with Gasteiger partial charge < -0.3 is 19.5 Å². The fraction of sp³-hybridized carbons (Fsp3) is 0.222. The number of ether oxygens (including phenoxy) is 3. The van der Waals surface area contributed by atoms with Crippen molar-refractivity contribution in [1.29, 1.82) is 0 Å². The highest BCUT2D eigenvalue weighted by molar-refractivity contribution is 6.16. The van der Waals surface area contributed by atoms with Crippen LogP contribution in [0.15, 0.2) is 47.7 Å². The Balaban J connectivity index is 2.41. The molecule has 1 amide bonds. The van der Waals surface area contributed by atoms with Crippen LogP contribution >= 0.6 is 0 Å². The van der Waals surface area contributed by atoms with Crippen LogP contribution in [0.5, 0.6) is 11.5 Å². The van der Waals surface area contributed by atoms with Gasteiger partial charge in [-0.1, -0.05) is 18.7 Å². The third-order valence-electron chi connectivity index (χ3n) is 3.43. The second-order valence-electron chi connectivity index (χ2n) is 5.01. The summed E-state index contributed by atoms with van der Waals surface area (Å²) < 4.78 is 15.5. The standard InChI is InChI=1S/C18H19NO5/c1-5-8-24-14-7-6-12(10-15(14)22-3)9-13-16(18(21)23-4)11(2)19-17(13)20/h5-7,9-10H,1,8H2,2-4H3,(H,19,20). The van der Waals surface area contributed by atoms with E-state index in [0.29, 0.717) is 29.4 Å². The maximum Gasteiger partial charge on any atom is 0.340 e. The Morgan fingerprint density at radius 3 is 2.67 bits per heavy atom. The molecule has 1 aliphatic rings. The minimum atomic E-state index is -0.560. The highest BCUT2D eigenvalue weighted by Crippen LogP contribution is 2.31. The van der Waals surface area contributed by atoms with Gasteiger partial charge in [0.15, 0.2) is 11.5 Å². The number of amides is 1. The Hall–Kier alpha value is -3.02. The molecule has 0 radical (unpaired) electrons. The van der Waals surface area contributed by atoms with Crippen molar-refractivity contribution in [2.45, 2.75) is 6.92 Å². The van der Waals surface area contributed by atoms with Crippen molar-refractivity contribution < 1.29 is 23.8 Å². The predicted octanol–water partition coefficient (Wildman–Crippen LogP) is 2.22. The van der Waals surface area contributed by atoms with Gasteiger partial charge in [-0.3, -0.25) is 4.79 Å². The van der Waals surface area contributed by atoms with E-state index in [4.69, 9.17) is 14.2 Å². The van der Waals surface area contributed by atoms with E-state index in [1.54, 1.807) is 37.3 Å². The number of carbonyl (C=O) groups is 2. The zero-order valence-corrected chi connectivity index (χ0v) is 13.8. The lowest BCUT2D eigenvalue weighted by Crippen LogP contribution is -2.15. The van der Waals surface area contributed by atoms with Crippen molar-refractivity contribution >= 4 is 18.0 Å². The van der Waals surface area contributed by atoms with Crippen LogP contribution in [0.1, 0.15) is 12.5 Å². The number of hydrogen-bond donors (Lipinski definition) is 1. The number of carbonyl (C=O) groups excluding carboxylic acids is 2. The highest BCUT2D eigenvalue weighted by atomic mass is 16.5. The molecule has 0 fully saturated rings. The number of rotatable bonds is 6. The van der Waals surface area contributed by atoms with Crippen LogP contribution in [0.2, 0.25) is 0 Å². The van der Waals surface area contributed by atoms with Gasteiger partial charge >= 0.3 is 5.97 Å². The lowest BCUT2D eigenvalue weighted by Gasteiger charge is -2.10. The van der Waals surface area contributed by atoms with E-state index in [-0.39, 0.29) is 17.1 Å². The summed E-state index contributed by atoms with van der Waals surface area (Å²) in [6.07, 6.45) is 3.24. The van der Waals surface area contributed by atoms with Crippen LogP contribution in [-0.4, -0.2) is 32.7 Å². The van der Waals surface area contributed by atoms with Gasteiger partial charge in [0.2, 0.25) is 0 Å². The molecule has 6 nitrogen and oxygen atoms in total. The van der Waals surface area contributed by atoms with Gasteiger partial charge in [0.25, 0.3) is 5.91 Å².